The third-order valence-corrected chi connectivity index (χ3v) is 4.53. The number of amides is 1. The lowest BCUT2D eigenvalue weighted by Gasteiger charge is -2.24. The van der Waals surface area contributed by atoms with Crippen molar-refractivity contribution in [3.05, 3.63) is 41.6 Å². The predicted molar refractivity (Wildman–Crippen MR) is 86.6 cm³/mol. The van der Waals surface area contributed by atoms with E-state index in [1.807, 2.05) is 43.5 Å². The molecular weight excluding hydrogens is 292 g/mol. The maximum atomic E-state index is 12.1. The van der Waals surface area contributed by atoms with Crippen LogP contribution in [0.3, 0.4) is 0 Å². The molecule has 2 atom stereocenters. The number of aryl methyl sites for hydroxylation is 2. The zero-order chi connectivity index (χ0) is 16.4. The van der Waals surface area contributed by atoms with E-state index in [0.717, 1.165) is 30.0 Å². The lowest BCUT2D eigenvalue weighted by Crippen LogP contribution is -2.28. The van der Waals surface area contributed by atoms with Gasteiger partial charge in [0.2, 0.25) is 5.91 Å². The Kier molecular flexibility index (Phi) is 4.52. The molecule has 1 saturated heterocycles. The summed E-state index contributed by atoms with van der Waals surface area (Å²) in [6, 6.07) is 4.12. The molecule has 0 radical (unpaired) electrons. The van der Waals surface area contributed by atoms with Crippen molar-refractivity contribution in [2.45, 2.75) is 32.4 Å². The van der Waals surface area contributed by atoms with Gasteiger partial charge in [0, 0.05) is 51.2 Å². The van der Waals surface area contributed by atoms with Crippen molar-refractivity contribution in [2.75, 3.05) is 13.6 Å². The molecule has 0 aliphatic carbocycles. The van der Waals surface area contributed by atoms with E-state index in [2.05, 4.69) is 17.3 Å². The molecule has 1 amide bonds. The lowest BCUT2D eigenvalue weighted by atomic mass is 9.96. The Bertz CT molecular complexity index is 676. The van der Waals surface area contributed by atoms with Crippen LogP contribution in [0.1, 0.15) is 36.5 Å². The zero-order valence-electron chi connectivity index (χ0n) is 14.0. The van der Waals surface area contributed by atoms with Gasteiger partial charge in [0.25, 0.3) is 0 Å². The first-order valence-electron chi connectivity index (χ1n) is 8.11. The summed E-state index contributed by atoms with van der Waals surface area (Å²) in [6.07, 6.45) is 5.33. The van der Waals surface area contributed by atoms with Crippen LogP contribution in [0.5, 0.6) is 0 Å². The molecule has 124 valence electrons. The minimum Gasteiger partial charge on any atom is -0.465 e. The van der Waals surface area contributed by atoms with E-state index in [4.69, 9.17) is 4.42 Å². The maximum absolute atomic E-state index is 12.1. The van der Waals surface area contributed by atoms with Gasteiger partial charge in [-0.1, -0.05) is 6.92 Å². The molecule has 3 heterocycles. The van der Waals surface area contributed by atoms with E-state index in [1.54, 1.807) is 4.68 Å². The Hall–Kier alpha value is -2.08. The van der Waals surface area contributed by atoms with E-state index in [9.17, 15) is 4.79 Å². The summed E-state index contributed by atoms with van der Waals surface area (Å²) in [6.45, 7) is 3.54. The Morgan fingerprint density at radius 3 is 2.78 bits per heavy atom. The van der Waals surface area contributed by atoms with Crippen molar-refractivity contribution >= 4 is 5.91 Å². The number of nitrogens with one attached hydrogen (secondary N) is 1. The maximum Gasteiger partial charge on any atom is 0.223 e. The summed E-state index contributed by atoms with van der Waals surface area (Å²) in [5, 5.41) is 7.67. The first kappa shape index (κ1) is 15.8. The normalized spacial score (nSPS) is 21.3. The van der Waals surface area contributed by atoms with Crippen LogP contribution in [0.25, 0.3) is 0 Å². The first-order valence-corrected chi connectivity index (χ1v) is 8.11. The van der Waals surface area contributed by atoms with Crippen LogP contribution in [0.4, 0.5) is 0 Å². The van der Waals surface area contributed by atoms with Gasteiger partial charge in [-0.2, -0.15) is 5.10 Å². The number of hydrogen-bond acceptors (Lipinski definition) is 4. The lowest BCUT2D eigenvalue weighted by molar-refractivity contribution is -0.127. The Morgan fingerprint density at radius 1 is 1.35 bits per heavy atom. The minimum atomic E-state index is 0.0894. The molecule has 2 aromatic heterocycles. The van der Waals surface area contributed by atoms with Gasteiger partial charge in [0.05, 0.1) is 18.8 Å². The van der Waals surface area contributed by atoms with Crippen LogP contribution < -0.4 is 5.32 Å². The molecule has 1 aliphatic rings. The molecule has 3 rings (SSSR count). The van der Waals surface area contributed by atoms with Crippen LogP contribution in [0.2, 0.25) is 0 Å². The summed E-state index contributed by atoms with van der Waals surface area (Å²) in [5.74, 6) is 2.39. The van der Waals surface area contributed by atoms with Gasteiger partial charge in [-0.25, -0.2) is 0 Å². The average molecular weight is 316 g/mol. The highest BCUT2D eigenvalue weighted by atomic mass is 16.3. The highest BCUT2D eigenvalue weighted by Crippen LogP contribution is 2.36. The van der Waals surface area contributed by atoms with Crippen LogP contribution >= 0.6 is 0 Å². The fourth-order valence-electron chi connectivity index (χ4n) is 3.31. The average Bonchev–Trinajstić information content (AvgIpc) is 3.21. The standard InChI is InChI=1S/C17H24N4O2/c1-4-14-5-6-15(23-14)10-18-8-12-7-16(22)21(3)17(12)13-9-19-20(2)11-13/h5-6,9,11-12,17-18H,4,7-8,10H2,1-3H3/t12-,17+/m0/s1. The minimum absolute atomic E-state index is 0.0894. The first-order chi connectivity index (χ1) is 11.1. The molecular formula is C17H24N4O2. The Morgan fingerprint density at radius 2 is 2.13 bits per heavy atom. The van der Waals surface area contributed by atoms with Crippen molar-refractivity contribution in [2.24, 2.45) is 13.0 Å². The van der Waals surface area contributed by atoms with E-state index < -0.39 is 0 Å². The van der Waals surface area contributed by atoms with Crippen molar-refractivity contribution in [3.63, 3.8) is 0 Å². The van der Waals surface area contributed by atoms with Gasteiger partial charge in [-0.3, -0.25) is 9.48 Å². The van der Waals surface area contributed by atoms with Crippen LogP contribution in [0, 0.1) is 5.92 Å². The molecule has 1 fully saturated rings. The van der Waals surface area contributed by atoms with Crippen LogP contribution in [-0.4, -0.2) is 34.2 Å². The number of hydrogen-bond donors (Lipinski definition) is 1. The molecule has 0 bridgehead atoms. The monoisotopic (exact) mass is 316 g/mol. The fourth-order valence-corrected chi connectivity index (χ4v) is 3.31. The largest absolute Gasteiger partial charge is 0.465 e. The third-order valence-electron chi connectivity index (χ3n) is 4.53. The molecule has 0 aromatic carbocycles. The topological polar surface area (TPSA) is 63.3 Å². The number of furan rings is 1. The summed E-state index contributed by atoms with van der Waals surface area (Å²) in [7, 11) is 3.77. The summed E-state index contributed by atoms with van der Waals surface area (Å²) < 4.78 is 7.48. The van der Waals surface area contributed by atoms with E-state index in [1.165, 1.54) is 0 Å². The van der Waals surface area contributed by atoms with E-state index >= 15 is 0 Å². The van der Waals surface area contributed by atoms with E-state index in [-0.39, 0.29) is 17.9 Å². The zero-order valence-corrected chi connectivity index (χ0v) is 14.0. The number of rotatable bonds is 6. The number of carbonyl (C=O) groups is 1. The number of nitrogens with zero attached hydrogens (tertiary/aromatic N) is 3. The summed E-state index contributed by atoms with van der Waals surface area (Å²) in [5.41, 5.74) is 1.10. The highest BCUT2D eigenvalue weighted by molar-refractivity contribution is 5.79. The second-order valence-corrected chi connectivity index (χ2v) is 6.21. The van der Waals surface area contributed by atoms with Crippen molar-refractivity contribution in [1.82, 2.24) is 20.0 Å². The molecule has 0 unspecified atom stereocenters. The third kappa shape index (κ3) is 3.32. The SMILES string of the molecule is CCc1ccc(CNC[C@@H]2CC(=O)N(C)[C@H]2c2cnn(C)c2)o1. The fraction of sp³-hybridized carbons (Fsp3) is 0.529. The molecule has 0 spiro atoms. The predicted octanol–water partition coefficient (Wildman–Crippen LogP) is 1.88. The van der Waals surface area contributed by atoms with Gasteiger partial charge >= 0.3 is 0 Å². The van der Waals surface area contributed by atoms with Crippen molar-refractivity contribution < 1.29 is 9.21 Å². The highest BCUT2D eigenvalue weighted by Gasteiger charge is 2.38. The van der Waals surface area contributed by atoms with Gasteiger partial charge in [0.1, 0.15) is 11.5 Å². The van der Waals surface area contributed by atoms with Gasteiger partial charge in [-0.05, 0) is 12.1 Å². The molecule has 2 aromatic rings. The number of aromatic nitrogens is 2. The second kappa shape index (κ2) is 6.58. The van der Waals surface area contributed by atoms with Crippen LogP contribution in [0.15, 0.2) is 28.9 Å². The van der Waals surface area contributed by atoms with Crippen molar-refractivity contribution in [1.29, 1.82) is 0 Å². The van der Waals surface area contributed by atoms with Crippen LogP contribution in [-0.2, 0) is 24.8 Å². The number of carbonyl (C=O) groups excluding carboxylic acids is 1. The Balaban J connectivity index is 1.62. The molecule has 1 N–H and O–H groups in total. The molecule has 6 nitrogen and oxygen atoms in total. The van der Waals surface area contributed by atoms with Gasteiger partial charge in [0.15, 0.2) is 0 Å². The second-order valence-electron chi connectivity index (χ2n) is 6.21. The molecule has 0 saturated carbocycles. The molecule has 6 heteroatoms. The van der Waals surface area contributed by atoms with Gasteiger partial charge in [-0.15, -0.1) is 0 Å². The summed E-state index contributed by atoms with van der Waals surface area (Å²) in [4.78, 5) is 13.9. The number of likely N-dealkylation sites (tertiary alicyclic amines) is 1. The summed E-state index contributed by atoms with van der Waals surface area (Å²) >= 11 is 0. The molecule has 1 aliphatic heterocycles. The molecule has 23 heavy (non-hydrogen) atoms. The van der Waals surface area contributed by atoms with Crippen molar-refractivity contribution in [3.8, 4) is 0 Å². The smallest absolute Gasteiger partial charge is 0.223 e. The van der Waals surface area contributed by atoms with Gasteiger partial charge < -0.3 is 14.6 Å². The van der Waals surface area contributed by atoms with E-state index in [0.29, 0.717) is 13.0 Å². The quantitative estimate of drug-likeness (QED) is 0.884. The Labute approximate surface area is 136 Å².